The predicted molar refractivity (Wildman–Crippen MR) is 130 cm³/mol. The molecule has 4 rings (SSSR count). The molecule has 8 heteroatoms. The highest BCUT2D eigenvalue weighted by atomic mass is 19.1. The number of carboxylic acids is 1. The summed E-state index contributed by atoms with van der Waals surface area (Å²) in [6, 6.07) is 12.3. The van der Waals surface area contributed by atoms with Crippen LogP contribution in [-0.2, 0) is 15.1 Å². The molecule has 1 atom stereocenters. The summed E-state index contributed by atoms with van der Waals surface area (Å²) >= 11 is 0. The lowest BCUT2D eigenvalue weighted by Crippen LogP contribution is -2.51. The van der Waals surface area contributed by atoms with Crippen molar-refractivity contribution >= 4 is 5.97 Å². The van der Waals surface area contributed by atoms with E-state index in [-0.39, 0.29) is 12.6 Å². The Labute approximate surface area is 209 Å². The van der Waals surface area contributed by atoms with Gasteiger partial charge in [0, 0.05) is 18.5 Å². The third-order valence-corrected chi connectivity index (χ3v) is 6.72. The summed E-state index contributed by atoms with van der Waals surface area (Å²) in [4.78, 5) is 21.1. The number of ether oxygens (including phenoxy) is 2. The zero-order valence-corrected chi connectivity index (χ0v) is 20.2. The summed E-state index contributed by atoms with van der Waals surface area (Å²) in [6.45, 7) is 1.97. The van der Waals surface area contributed by atoms with Crippen LogP contribution in [0.5, 0.6) is 6.01 Å². The van der Waals surface area contributed by atoms with Crippen molar-refractivity contribution in [2.24, 2.45) is 5.92 Å². The van der Waals surface area contributed by atoms with Crippen LogP contribution in [0.3, 0.4) is 0 Å². The van der Waals surface area contributed by atoms with E-state index in [0.29, 0.717) is 22.7 Å². The maximum absolute atomic E-state index is 13.9. The van der Waals surface area contributed by atoms with Crippen LogP contribution in [0.1, 0.15) is 55.3 Å². The molecule has 1 heterocycles. The highest BCUT2D eigenvalue weighted by molar-refractivity contribution is 5.76. The van der Waals surface area contributed by atoms with E-state index >= 15 is 0 Å². The molecule has 2 aromatic carbocycles. The molecule has 6 nitrogen and oxygen atoms in total. The minimum absolute atomic E-state index is 0.133. The van der Waals surface area contributed by atoms with Crippen molar-refractivity contribution < 1.29 is 28.2 Å². The van der Waals surface area contributed by atoms with Gasteiger partial charge in [0.15, 0.2) is 5.60 Å². The van der Waals surface area contributed by atoms with Crippen molar-refractivity contribution in [2.75, 3.05) is 6.61 Å². The Kier molecular flexibility index (Phi) is 8.25. The summed E-state index contributed by atoms with van der Waals surface area (Å²) in [7, 11) is 0. The van der Waals surface area contributed by atoms with E-state index in [0.717, 1.165) is 32.1 Å². The fourth-order valence-electron chi connectivity index (χ4n) is 4.86. The minimum atomic E-state index is -1.73. The van der Waals surface area contributed by atoms with Gasteiger partial charge in [-0.05, 0) is 60.7 Å². The molecule has 190 valence electrons. The summed E-state index contributed by atoms with van der Waals surface area (Å²) in [5, 5.41) is 10.4. The molecule has 1 saturated carbocycles. The average Bonchev–Trinajstić information content (AvgIpc) is 2.87. The maximum Gasteiger partial charge on any atom is 0.348 e. The van der Waals surface area contributed by atoms with Crippen LogP contribution in [0.15, 0.2) is 60.8 Å². The van der Waals surface area contributed by atoms with Crippen LogP contribution < -0.4 is 4.74 Å². The number of carbonyl (C=O) groups is 1. The van der Waals surface area contributed by atoms with E-state index in [1.54, 1.807) is 13.0 Å². The molecule has 1 N–H and O–H groups in total. The highest BCUT2D eigenvalue weighted by Crippen LogP contribution is 2.40. The van der Waals surface area contributed by atoms with Gasteiger partial charge < -0.3 is 14.6 Å². The van der Waals surface area contributed by atoms with Gasteiger partial charge in [-0.25, -0.2) is 23.5 Å². The average molecular weight is 497 g/mol. The fourth-order valence-corrected chi connectivity index (χ4v) is 4.86. The first-order valence-electron chi connectivity index (χ1n) is 12.2. The molecular weight excluding hydrogens is 466 g/mol. The standard InChI is InChI=1S/C28H30F2N2O4/c1-19-15-17-31-27(32-19)36-25(26(33)34)28(21-7-11-23(29)12-8-21,22-9-13-24(30)14-10-22)35-18-16-20-5-3-2-4-6-20/h7-15,17,20,25H,2-6,16,18H2,1H3,(H,33,34)/t25-/m0/s1. The molecule has 1 fully saturated rings. The Bertz CT molecular complexity index is 1100. The van der Waals surface area contributed by atoms with Crippen molar-refractivity contribution in [3.05, 3.63) is 89.2 Å². The lowest BCUT2D eigenvalue weighted by molar-refractivity contribution is -0.164. The SMILES string of the molecule is Cc1ccnc(O[C@@H](C(=O)O)C(OCCC2CCCCC2)(c2ccc(F)cc2)c2ccc(F)cc2)n1. The smallest absolute Gasteiger partial charge is 0.348 e. The van der Waals surface area contributed by atoms with E-state index in [9.17, 15) is 18.7 Å². The number of nitrogens with zero attached hydrogens (tertiary/aromatic N) is 2. The van der Waals surface area contributed by atoms with Crippen LogP contribution in [-0.4, -0.2) is 33.8 Å². The summed E-state index contributed by atoms with van der Waals surface area (Å²) in [6.07, 6.45) is 6.29. The van der Waals surface area contributed by atoms with Gasteiger partial charge in [-0.1, -0.05) is 56.4 Å². The third kappa shape index (κ3) is 5.87. The maximum atomic E-state index is 13.9. The number of aliphatic carboxylic acids is 1. The van der Waals surface area contributed by atoms with Crippen molar-refractivity contribution in [2.45, 2.75) is 57.2 Å². The van der Waals surface area contributed by atoms with Crippen LogP contribution in [0.25, 0.3) is 0 Å². The van der Waals surface area contributed by atoms with Gasteiger partial charge in [0.05, 0.1) is 0 Å². The first-order valence-corrected chi connectivity index (χ1v) is 12.2. The summed E-state index contributed by atoms with van der Waals surface area (Å²) < 4.78 is 40.2. The number of carboxylic acid groups (broad SMARTS) is 1. The number of hydrogen-bond donors (Lipinski definition) is 1. The second-order valence-corrected chi connectivity index (χ2v) is 9.21. The van der Waals surface area contributed by atoms with Gasteiger partial charge in [-0.2, -0.15) is 0 Å². The highest BCUT2D eigenvalue weighted by Gasteiger charge is 2.50. The zero-order chi connectivity index (χ0) is 25.5. The number of halogens is 2. The van der Waals surface area contributed by atoms with Crippen LogP contribution >= 0.6 is 0 Å². The van der Waals surface area contributed by atoms with E-state index in [1.165, 1.54) is 61.1 Å². The quantitative estimate of drug-likeness (QED) is 0.381. The lowest BCUT2D eigenvalue weighted by atomic mass is 9.80. The molecule has 1 aliphatic carbocycles. The van der Waals surface area contributed by atoms with Crippen molar-refractivity contribution in [3.8, 4) is 6.01 Å². The zero-order valence-electron chi connectivity index (χ0n) is 20.2. The molecule has 0 spiro atoms. The molecular formula is C28H30F2N2O4. The largest absolute Gasteiger partial charge is 0.478 e. The van der Waals surface area contributed by atoms with Gasteiger partial charge in [-0.3, -0.25) is 0 Å². The van der Waals surface area contributed by atoms with E-state index in [4.69, 9.17) is 9.47 Å². The van der Waals surface area contributed by atoms with Crippen LogP contribution in [0, 0.1) is 24.5 Å². The fraction of sp³-hybridized carbons (Fsp3) is 0.393. The number of rotatable bonds is 10. The van der Waals surface area contributed by atoms with Gasteiger partial charge in [-0.15, -0.1) is 0 Å². The Morgan fingerprint density at radius 2 is 1.58 bits per heavy atom. The second kappa shape index (κ2) is 11.6. The third-order valence-electron chi connectivity index (χ3n) is 6.72. The number of aryl methyl sites for hydroxylation is 1. The van der Waals surface area contributed by atoms with Gasteiger partial charge in [0.2, 0.25) is 6.10 Å². The van der Waals surface area contributed by atoms with Crippen molar-refractivity contribution in [1.82, 2.24) is 9.97 Å². The van der Waals surface area contributed by atoms with Crippen molar-refractivity contribution in [1.29, 1.82) is 0 Å². The molecule has 0 amide bonds. The molecule has 0 aliphatic heterocycles. The molecule has 1 aliphatic rings. The minimum Gasteiger partial charge on any atom is -0.478 e. The molecule has 0 radical (unpaired) electrons. The monoisotopic (exact) mass is 496 g/mol. The first-order chi connectivity index (χ1) is 17.4. The van der Waals surface area contributed by atoms with Crippen LogP contribution in [0.2, 0.25) is 0 Å². The second-order valence-electron chi connectivity index (χ2n) is 9.21. The van der Waals surface area contributed by atoms with Gasteiger partial charge in [0.1, 0.15) is 11.6 Å². The first kappa shape index (κ1) is 25.7. The van der Waals surface area contributed by atoms with Gasteiger partial charge >= 0.3 is 12.0 Å². The predicted octanol–water partition coefficient (Wildman–Crippen LogP) is 5.83. The normalized spacial score (nSPS) is 15.4. The number of aromatic nitrogens is 2. The van der Waals surface area contributed by atoms with Crippen molar-refractivity contribution in [3.63, 3.8) is 0 Å². The van der Waals surface area contributed by atoms with E-state index in [2.05, 4.69) is 9.97 Å². The van der Waals surface area contributed by atoms with Gasteiger partial charge in [0.25, 0.3) is 0 Å². The topological polar surface area (TPSA) is 81.5 Å². The number of hydrogen-bond acceptors (Lipinski definition) is 5. The Hall–Kier alpha value is -3.39. The molecule has 3 aromatic rings. The Morgan fingerprint density at radius 3 is 2.11 bits per heavy atom. The Morgan fingerprint density at radius 1 is 1.00 bits per heavy atom. The molecule has 0 bridgehead atoms. The number of benzene rings is 2. The summed E-state index contributed by atoms with van der Waals surface area (Å²) in [5.74, 6) is -1.82. The van der Waals surface area contributed by atoms with E-state index in [1.807, 2.05) is 0 Å². The molecule has 36 heavy (non-hydrogen) atoms. The summed E-state index contributed by atoms with van der Waals surface area (Å²) in [5.41, 5.74) is -0.412. The van der Waals surface area contributed by atoms with E-state index < -0.39 is 29.3 Å². The Balaban J connectivity index is 1.81. The van der Waals surface area contributed by atoms with Crippen LogP contribution in [0.4, 0.5) is 8.78 Å². The molecule has 0 saturated heterocycles. The molecule has 1 aromatic heterocycles. The molecule has 0 unspecified atom stereocenters. The lowest BCUT2D eigenvalue weighted by Gasteiger charge is -2.39.